The zero-order chi connectivity index (χ0) is 20.2. The molecule has 1 aromatic heterocycles. The average molecular weight is 430 g/mol. The Morgan fingerprint density at radius 3 is 2.69 bits per heavy atom. The summed E-state index contributed by atoms with van der Waals surface area (Å²) < 4.78 is 2.04. The number of likely N-dealkylation sites (tertiary alicyclic amines) is 1. The van der Waals surface area contributed by atoms with Crippen LogP contribution in [0.5, 0.6) is 0 Å². The van der Waals surface area contributed by atoms with E-state index in [4.69, 9.17) is 11.6 Å². The van der Waals surface area contributed by atoms with Gasteiger partial charge in [-0.25, -0.2) is 0 Å². The van der Waals surface area contributed by atoms with Crippen LogP contribution >= 0.6 is 23.4 Å². The predicted molar refractivity (Wildman–Crippen MR) is 122 cm³/mol. The van der Waals surface area contributed by atoms with E-state index in [9.17, 15) is 4.79 Å². The number of hydrogen-bond acceptors (Lipinski definition) is 3. The zero-order valence-corrected chi connectivity index (χ0v) is 18.5. The van der Waals surface area contributed by atoms with E-state index in [1.807, 2.05) is 59.1 Å². The Balaban J connectivity index is 1.52. The SMILES string of the molecule is Cn1cccc1C=C1SC(c2cccc(Cl)c2)N(CCCN2CCCCC2)C1=O. The second-order valence-corrected chi connectivity index (χ2v) is 9.39. The van der Waals surface area contributed by atoms with E-state index in [1.54, 1.807) is 11.8 Å². The molecule has 6 heteroatoms. The number of amides is 1. The summed E-state index contributed by atoms with van der Waals surface area (Å²) in [4.78, 5) is 18.6. The normalized spacial score (nSPS) is 22.0. The Labute approximate surface area is 182 Å². The molecule has 1 atom stereocenters. The first-order chi connectivity index (χ1) is 14.1. The zero-order valence-electron chi connectivity index (χ0n) is 16.9. The van der Waals surface area contributed by atoms with Gasteiger partial charge in [0.05, 0.1) is 4.91 Å². The Bertz CT molecular complexity index is 888. The van der Waals surface area contributed by atoms with Gasteiger partial charge in [-0.05, 0) is 74.8 Å². The van der Waals surface area contributed by atoms with Gasteiger partial charge in [0, 0.05) is 30.5 Å². The van der Waals surface area contributed by atoms with E-state index in [0.717, 1.165) is 35.7 Å². The van der Waals surface area contributed by atoms with Crippen LogP contribution in [0, 0.1) is 0 Å². The molecular formula is C23H28ClN3OS. The summed E-state index contributed by atoms with van der Waals surface area (Å²) in [6, 6.07) is 11.9. The van der Waals surface area contributed by atoms with E-state index in [-0.39, 0.29) is 11.3 Å². The number of nitrogens with zero attached hydrogens (tertiary/aromatic N) is 3. The monoisotopic (exact) mass is 429 g/mol. The third-order valence-corrected chi connectivity index (χ3v) is 7.24. The highest BCUT2D eigenvalue weighted by Gasteiger charge is 2.37. The summed E-state index contributed by atoms with van der Waals surface area (Å²) in [7, 11) is 2.00. The van der Waals surface area contributed by atoms with Crippen LogP contribution in [0.15, 0.2) is 47.5 Å². The van der Waals surface area contributed by atoms with Crippen LogP contribution in [0.3, 0.4) is 0 Å². The third kappa shape index (κ3) is 4.90. The van der Waals surface area contributed by atoms with Crippen molar-refractivity contribution in [2.45, 2.75) is 31.1 Å². The molecule has 2 aliphatic rings. The minimum atomic E-state index is -0.0194. The number of benzene rings is 1. The van der Waals surface area contributed by atoms with Crippen molar-refractivity contribution in [2.24, 2.45) is 7.05 Å². The maximum absolute atomic E-state index is 13.3. The molecule has 0 spiro atoms. The van der Waals surface area contributed by atoms with Gasteiger partial charge in [-0.2, -0.15) is 0 Å². The summed E-state index contributed by atoms with van der Waals surface area (Å²) in [5, 5.41) is 0.692. The average Bonchev–Trinajstić information content (AvgIpc) is 3.27. The molecule has 1 unspecified atom stereocenters. The first-order valence-electron chi connectivity index (χ1n) is 10.4. The fraction of sp³-hybridized carbons (Fsp3) is 0.435. The van der Waals surface area contributed by atoms with Gasteiger partial charge in [0.2, 0.25) is 0 Å². The topological polar surface area (TPSA) is 28.5 Å². The molecule has 4 nitrogen and oxygen atoms in total. The van der Waals surface area contributed by atoms with E-state index < -0.39 is 0 Å². The van der Waals surface area contributed by atoms with Gasteiger partial charge in [0.1, 0.15) is 5.37 Å². The number of rotatable bonds is 6. The smallest absolute Gasteiger partial charge is 0.261 e. The van der Waals surface area contributed by atoms with E-state index in [2.05, 4.69) is 11.0 Å². The van der Waals surface area contributed by atoms with Gasteiger partial charge >= 0.3 is 0 Å². The Morgan fingerprint density at radius 1 is 1.14 bits per heavy atom. The molecule has 2 fully saturated rings. The second kappa shape index (κ2) is 9.41. The van der Waals surface area contributed by atoms with Crippen molar-refractivity contribution in [1.29, 1.82) is 0 Å². The van der Waals surface area contributed by atoms with Crippen LogP contribution in [0.25, 0.3) is 6.08 Å². The Morgan fingerprint density at radius 2 is 1.97 bits per heavy atom. The maximum atomic E-state index is 13.3. The largest absolute Gasteiger partial charge is 0.351 e. The van der Waals surface area contributed by atoms with Crippen molar-refractivity contribution < 1.29 is 4.79 Å². The van der Waals surface area contributed by atoms with Crippen molar-refractivity contribution in [3.05, 3.63) is 63.8 Å². The lowest BCUT2D eigenvalue weighted by Crippen LogP contribution is -2.34. The first kappa shape index (κ1) is 20.6. The van der Waals surface area contributed by atoms with Gasteiger partial charge in [-0.15, -0.1) is 0 Å². The summed E-state index contributed by atoms with van der Waals surface area (Å²) >= 11 is 7.88. The van der Waals surface area contributed by atoms with Gasteiger partial charge in [-0.3, -0.25) is 4.79 Å². The summed E-state index contributed by atoms with van der Waals surface area (Å²) in [6.07, 6.45) is 8.96. The molecule has 4 rings (SSSR count). The molecule has 1 amide bonds. The number of thioether (sulfide) groups is 1. The fourth-order valence-corrected chi connectivity index (χ4v) is 5.57. The van der Waals surface area contributed by atoms with Crippen LogP contribution in [0.2, 0.25) is 5.02 Å². The lowest BCUT2D eigenvalue weighted by Gasteiger charge is -2.28. The quantitative estimate of drug-likeness (QED) is 0.593. The molecule has 0 radical (unpaired) electrons. The van der Waals surface area contributed by atoms with Crippen molar-refractivity contribution in [1.82, 2.24) is 14.4 Å². The first-order valence-corrected chi connectivity index (χ1v) is 11.7. The van der Waals surface area contributed by atoms with Gasteiger partial charge in [0.15, 0.2) is 0 Å². The number of hydrogen-bond donors (Lipinski definition) is 0. The number of aromatic nitrogens is 1. The molecule has 0 bridgehead atoms. The molecule has 1 aromatic carbocycles. The van der Waals surface area contributed by atoms with E-state index in [0.29, 0.717) is 5.02 Å². The van der Waals surface area contributed by atoms with Crippen molar-refractivity contribution >= 4 is 35.3 Å². The molecule has 0 N–H and O–H groups in total. The molecule has 29 heavy (non-hydrogen) atoms. The summed E-state index contributed by atoms with van der Waals surface area (Å²) in [5.74, 6) is 0.125. The van der Waals surface area contributed by atoms with Crippen molar-refractivity contribution in [2.75, 3.05) is 26.2 Å². The molecule has 154 valence electrons. The minimum Gasteiger partial charge on any atom is -0.351 e. The van der Waals surface area contributed by atoms with Crippen LogP contribution in [-0.4, -0.2) is 46.5 Å². The highest BCUT2D eigenvalue weighted by molar-refractivity contribution is 8.04. The second-order valence-electron chi connectivity index (χ2n) is 7.83. The van der Waals surface area contributed by atoms with Crippen LogP contribution < -0.4 is 0 Å². The molecule has 2 aromatic rings. The Kier molecular flexibility index (Phi) is 6.68. The standard InChI is InChI=1S/C23H28ClN3OS/c1-25-11-6-10-20(25)17-21-22(28)27(15-7-14-26-12-3-2-4-13-26)23(29-21)18-8-5-9-19(24)16-18/h5-6,8-11,16-17,23H,2-4,7,12-15H2,1H3. The molecule has 0 aliphatic carbocycles. The number of aryl methyl sites for hydroxylation is 1. The van der Waals surface area contributed by atoms with Gasteiger partial charge in [0.25, 0.3) is 5.91 Å². The molecule has 2 aliphatic heterocycles. The van der Waals surface area contributed by atoms with Gasteiger partial charge < -0.3 is 14.4 Å². The molecule has 3 heterocycles. The predicted octanol–water partition coefficient (Wildman–Crippen LogP) is 5.17. The van der Waals surface area contributed by atoms with Crippen molar-refractivity contribution in [3.8, 4) is 0 Å². The number of carbonyl (C=O) groups is 1. The highest BCUT2D eigenvalue weighted by atomic mass is 35.5. The van der Waals surface area contributed by atoms with Crippen LogP contribution in [-0.2, 0) is 11.8 Å². The lowest BCUT2D eigenvalue weighted by molar-refractivity contribution is -0.126. The van der Waals surface area contributed by atoms with Crippen LogP contribution in [0.4, 0.5) is 0 Å². The number of piperidine rings is 1. The maximum Gasteiger partial charge on any atom is 0.261 e. The fourth-order valence-electron chi connectivity index (χ4n) is 4.11. The minimum absolute atomic E-state index is 0.0194. The Hall–Kier alpha value is -1.69. The van der Waals surface area contributed by atoms with E-state index in [1.165, 1.54) is 32.4 Å². The number of carbonyl (C=O) groups excluding carboxylic acids is 1. The van der Waals surface area contributed by atoms with Crippen LogP contribution in [0.1, 0.15) is 42.3 Å². The highest BCUT2D eigenvalue weighted by Crippen LogP contribution is 2.46. The lowest BCUT2D eigenvalue weighted by atomic mass is 10.1. The number of halogens is 1. The molecule has 0 saturated carbocycles. The van der Waals surface area contributed by atoms with E-state index >= 15 is 0 Å². The third-order valence-electron chi connectivity index (χ3n) is 5.71. The summed E-state index contributed by atoms with van der Waals surface area (Å²) in [6.45, 7) is 4.22. The summed E-state index contributed by atoms with van der Waals surface area (Å²) in [5.41, 5.74) is 2.13. The van der Waals surface area contributed by atoms with Gasteiger partial charge in [-0.1, -0.05) is 41.9 Å². The van der Waals surface area contributed by atoms with Crippen molar-refractivity contribution in [3.63, 3.8) is 0 Å². The molecular weight excluding hydrogens is 402 g/mol. The molecule has 2 saturated heterocycles.